The minimum absolute atomic E-state index is 0.159. The van der Waals surface area contributed by atoms with Gasteiger partial charge in [-0.3, -0.25) is 9.36 Å². The van der Waals surface area contributed by atoms with Crippen molar-refractivity contribution in [2.45, 2.75) is 66.3 Å². The van der Waals surface area contributed by atoms with Crippen molar-refractivity contribution in [2.75, 3.05) is 6.61 Å². The van der Waals surface area contributed by atoms with Gasteiger partial charge in [-0.05, 0) is 74.1 Å². The highest BCUT2D eigenvalue weighted by molar-refractivity contribution is 7.07. The van der Waals surface area contributed by atoms with Gasteiger partial charge in [-0.2, -0.15) is 0 Å². The third kappa shape index (κ3) is 5.38. The van der Waals surface area contributed by atoms with Crippen LogP contribution in [0.15, 0.2) is 81.7 Å². The summed E-state index contributed by atoms with van der Waals surface area (Å²) in [5.74, 6) is -0.0463. The van der Waals surface area contributed by atoms with E-state index in [0.29, 0.717) is 32.9 Å². The van der Waals surface area contributed by atoms with Gasteiger partial charge in [0.15, 0.2) is 4.80 Å². The zero-order chi connectivity index (χ0) is 29.3. The average molecular weight is 568 g/mol. The van der Waals surface area contributed by atoms with Crippen molar-refractivity contribution in [1.82, 2.24) is 9.13 Å². The summed E-state index contributed by atoms with van der Waals surface area (Å²) in [5, 5.41) is 0. The van der Waals surface area contributed by atoms with Crippen LogP contribution in [0.4, 0.5) is 0 Å². The third-order valence-corrected chi connectivity index (χ3v) is 8.57. The number of carbonyl (C=O) groups excluding carboxylic acids is 1. The fraction of sp³-hybridized carbons (Fsp3) is 0.324. The molecule has 6 nitrogen and oxygen atoms in total. The number of benzene rings is 2. The maximum atomic E-state index is 14.1. The lowest BCUT2D eigenvalue weighted by Gasteiger charge is -2.26. The first kappa shape index (κ1) is 28.6. The molecule has 0 aliphatic carbocycles. The van der Waals surface area contributed by atoms with Crippen LogP contribution in [0.3, 0.4) is 0 Å². The normalized spacial score (nSPS) is 15.3. The maximum absolute atomic E-state index is 14.1. The molecule has 0 saturated heterocycles. The molecule has 0 radical (unpaired) electrons. The van der Waals surface area contributed by atoms with Crippen LogP contribution in [-0.4, -0.2) is 21.7 Å². The van der Waals surface area contributed by atoms with Crippen LogP contribution in [0.2, 0.25) is 0 Å². The molecule has 4 aromatic rings. The molecule has 0 spiro atoms. The number of allylic oxidation sites excluding steroid dienone is 1. The van der Waals surface area contributed by atoms with Crippen molar-refractivity contribution in [3.8, 4) is 5.69 Å². The number of rotatable bonds is 8. The number of nitrogens with zero attached hydrogens (tertiary/aromatic N) is 3. The second-order valence-corrected chi connectivity index (χ2v) is 11.7. The lowest BCUT2D eigenvalue weighted by Crippen LogP contribution is -2.40. The first-order valence-corrected chi connectivity index (χ1v) is 15.1. The molecule has 0 fully saturated rings. The van der Waals surface area contributed by atoms with Gasteiger partial charge in [0.1, 0.15) is 0 Å². The van der Waals surface area contributed by atoms with E-state index in [1.165, 1.54) is 16.9 Å². The Morgan fingerprint density at radius 2 is 1.78 bits per heavy atom. The standard InChI is InChI=1S/C34H37N3O3S/c1-7-12-28-30(33(39)40-8-2)31(25-17-15-24(16-18-25)21(3)4)37-32(38)29(41-34(37)35-28)20-26-19-22(5)36(23(26)6)27-13-10-9-11-14-27/h9-11,13-21,31H,7-8,12H2,1-6H3/b29-20-/t31-/m1/s1. The molecule has 1 aliphatic rings. The number of carbonyl (C=O) groups is 1. The first-order chi connectivity index (χ1) is 19.7. The Bertz CT molecular complexity index is 1790. The predicted octanol–water partition coefficient (Wildman–Crippen LogP) is 6.11. The number of fused-ring (bicyclic) bond motifs is 1. The van der Waals surface area contributed by atoms with E-state index in [4.69, 9.17) is 9.73 Å². The lowest BCUT2D eigenvalue weighted by molar-refractivity contribution is -0.139. The van der Waals surface area contributed by atoms with Crippen LogP contribution in [0.1, 0.15) is 80.6 Å². The Hall–Kier alpha value is -3.97. The van der Waals surface area contributed by atoms with Crippen molar-refractivity contribution in [3.63, 3.8) is 0 Å². The highest BCUT2D eigenvalue weighted by Crippen LogP contribution is 2.33. The van der Waals surface area contributed by atoms with E-state index in [1.807, 2.05) is 36.4 Å². The summed E-state index contributed by atoms with van der Waals surface area (Å²) < 4.78 is 9.99. The molecule has 3 heterocycles. The average Bonchev–Trinajstić information content (AvgIpc) is 3.42. The Balaban J connectivity index is 1.72. The molecule has 0 saturated carbocycles. The van der Waals surface area contributed by atoms with Crippen LogP contribution in [-0.2, 0) is 9.53 Å². The molecule has 1 aliphatic heterocycles. The molecule has 2 aromatic carbocycles. The summed E-state index contributed by atoms with van der Waals surface area (Å²) in [5.41, 5.74) is 7.26. The van der Waals surface area contributed by atoms with E-state index in [9.17, 15) is 9.59 Å². The number of hydrogen-bond donors (Lipinski definition) is 0. The largest absolute Gasteiger partial charge is 0.463 e. The molecule has 0 bridgehead atoms. The van der Waals surface area contributed by atoms with Gasteiger partial charge in [0.25, 0.3) is 5.56 Å². The molecule has 7 heteroatoms. The summed E-state index contributed by atoms with van der Waals surface area (Å²) >= 11 is 1.37. The molecule has 41 heavy (non-hydrogen) atoms. The number of hydrogen-bond acceptors (Lipinski definition) is 5. The molecule has 0 N–H and O–H groups in total. The van der Waals surface area contributed by atoms with E-state index in [1.54, 1.807) is 11.5 Å². The number of ether oxygens (including phenoxy) is 1. The van der Waals surface area contributed by atoms with Gasteiger partial charge in [0, 0.05) is 17.1 Å². The highest BCUT2D eigenvalue weighted by Gasteiger charge is 2.34. The fourth-order valence-corrected chi connectivity index (χ4v) is 6.56. The van der Waals surface area contributed by atoms with Crippen LogP contribution >= 0.6 is 11.3 Å². The van der Waals surface area contributed by atoms with Crippen molar-refractivity contribution in [3.05, 3.63) is 120 Å². The molecule has 212 valence electrons. The number of thiazole rings is 1. The van der Waals surface area contributed by atoms with E-state index < -0.39 is 12.0 Å². The van der Waals surface area contributed by atoms with E-state index >= 15 is 0 Å². The van der Waals surface area contributed by atoms with Crippen LogP contribution in [0, 0.1) is 13.8 Å². The second-order valence-electron chi connectivity index (χ2n) is 10.7. The third-order valence-electron chi connectivity index (χ3n) is 7.58. The van der Waals surface area contributed by atoms with E-state index in [2.05, 4.69) is 69.5 Å². The van der Waals surface area contributed by atoms with Gasteiger partial charge in [-0.25, -0.2) is 9.79 Å². The van der Waals surface area contributed by atoms with Gasteiger partial charge in [-0.1, -0.05) is 81.0 Å². The molecule has 1 atom stereocenters. The molecular formula is C34H37N3O3S. The lowest BCUT2D eigenvalue weighted by atomic mass is 9.92. The smallest absolute Gasteiger partial charge is 0.338 e. The molecular weight excluding hydrogens is 530 g/mol. The molecule has 0 amide bonds. The van der Waals surface area contributed by atoms with Gasteiger partial charge < -0.3 is 9.30 Å². The van der Waals surface area contributed by atoms with Crippen LogP contribution in [0.25, 0.3) is 11.8 Å². The summed E-state index contributed by atoms with van der Waals surface area (Å²) in [6.07, 6.45) is 3.40. The summed E-state index contributed by atoms with van der Waals surface area (Å²) in [4.78, 5) is 33.1. The second kappa shape index (κ2) is 11.9. The van der Waals surface area contributed by atoms with Gasteiger partial charge in [0.2, 0.25) is 0 Å². The number of para-hydroxylation sites is 1. The van der Waals surface area contributed by atoms with Gasteiger partial charge >= 0.3 is 5.97 Å². The summed E-state index contributed by atoms with van der Waals surface area (Å²) in [6, 6.07) is 19.9. The monoisotopic (exact) mass is 567 g/mol. The van der Waals surface area contributed by atoms with Crippen molar-refractivity contribution in [1.29, 1.82) is 0 Å². The van der Waals surface area contributed by atoms with Crippen LogP contribution < -0.4 is 14.9 Å². The van der Waals surface area contributed by atoms with Gasteiger partial charge in [-0.15, -0.1) is 0 Å². The van der Waals surface area contributed by atoms with E-state index in [0.717, 1.165) is 34.6 Å². The zero-order valence-corrected chi connectivity index (χ0v) is 25.4. The fourth-order valence-electron chi connectivity index (χ4n) is 5.55. The topological polar surface area (TPSA) is 65.6 Å². The Morgan fingerprint density at radius 3 is 2.41 bits per heavy atom. The number of aromatic nitrogens is 2. The highest BCUT2D eigenvalue weighted by atomic mass is 32.1. The minimum Gasteiger partial charge on any atom is -0.463 e. The Kier molecular flexibility index (Phi) is 8.27. The molecule has 0 unspecified atom stereocenters. The zero-order valence-electron chi connectivity index (χ0n) is 24.6. The molecule has 5 rings (SSSR count). The Labute approximate surface area is 245 Å². The SMILES string of the molecule is CCCC1=C(C(=O)OCC)[C@@H](c2ccc(C(C)C)cc2)n2c(s/c(=C\c3cc(C)n(-c4ccccc4)c3C)c2=O)=N1. The summed E-state index contributed by atoms with van der Waals surface area (Å²) in [7, 11) is 0. The Morgan fingerprint density at radius 1 is 1.07 bits per heavy atom. The number of esters is 1. The van der Waals surface area contributed by atoms with Gasteiger partial charge in [0.05, 0.1) is 28.5 Å². The van der Waals surface area contributed by atoms with Crippen molar-refractivity contribution < 1.29 is 9.53 Å². The molecule has 2 aromatic heterocycles. The maximum Gasteiger partial charge on any atom is 0.338 e. The first-order valence-electron chi connectivity index (χ1n) is 14.3. The quantitative estimate of drug-likeness (QED) is 0.241. The minimum atomic E-state index is -0.605. The predicted molar refractivity (Wildman–Crippen MR) is 165 cm³/mol. The van der Waals surface area contributed by atoms with Crippen LogP contribution in [0.5, 0.6) is 0 Å². The van der Waals surface area contributed by atoms with E-state index in [-0.39, 0.29) is 12.2 Å². The van der Waals surface area contributed by atoms with Crippen molar-refractivity contribution in [2.24, 2.45) is 4.99 Å². The number of aryl methyl sites for hydroxylation is 1. The van der Waals surface area contributed by atoms with Crippen molar-refractivity contribution >= 4 is 23.4 Å². The summed E-state index contributed by atoms with van der Waals surface area (Å²) in [6.45, 7) is 12.6.